The van der Waals surface area contributed by atoms with Gasteiger partial charge in [0.25, 0.3) is 0 Å². The van der Waals surface area contributed by atoms with Crippen molar-refractivity contribution < 1.29 is 9.13 Å². The molecule has 0 atom stereocenters. The van der Waals surface area contributed by atoms with E-state index in [1.54, 1.807) is 24.5 Å². The molecule has 0 saturated heterocycles. The lowest BCUT2D eigenvalue weighted by Gasteiger charge is -2.07. The van der Waals surface area contributed by atoms with Crippen LogP contribution in [0.25, 0.3) is 0 Å². The third kappa shape index (κ3) is 2.79. The van der Waals surface area contributed by atoms with Gasteiger partial charge in [-0.1, -0.05) is 22.0 Å². The summed E-state index contributed by atoms with van der Waals surface area (Å²) in [6.45, 7) is 0.382. The zero-order chi connectivity index (χ0) is 11.4. The molecule has 2 aromatic rings. The maximum absolute atomic E-state index is 12.8. The molecule has 0 aliphatic carbocycles. The summed E-state index contributed by atoms with van der Waals surface area (Å²) in [4.78, 5) is 3.94. The Morgan fingerprint density at radius 2 is 2.19 bits per heavy atom. The van der Waals surface area contributed by atoms with Gasteiger partial charge >= 0.3 is 0 Å². The number of halogens is 2. The van der Waals surface area contributed by atoms with E-state index in [4.69, 9.17) is 4.74 Å². The standard InChI is InChI=1S/C12H9BrFNO/c13-12-6-10(14)4-3-9(12)8-16-11-2-1-5-15-7-11/h1-7H,8H2. The van der Waals surface area contributed by atoms with Gasteiger partial charge < -0.3 is 4.74 Å². The second kappa shape index (κ2) is 5.07. The van der Waals surface area contributed by atoms with Crippen LogP contribution in [0, 0.1) is 5.82 Å². The number of ether oxygens (including phenoxy) is 1. The van der Waals surface area contributed by atoms with Gasteiger partial charge in [0.15, 0.2) is 0 Å². The van der Waals surface area contributed by atoms with Gasteiger partial charge in [-0.05, 0) is 24.3 Å². The minimum absolute atomic E-state index is 0.267. The zero-order valence-corrected chi connectivity index (χ0v) is 9.95. The summed E-state index contributed by atoms with van der Waals surface area (Å²) in [6.07, 6.45) is 3.32. The van der Waals surface area contributed by atoms with Crippen molar-refractivity contribution in [3.63, 3.8) is 0 Å². The van der Waals surface area contributed by atoms with Crippen LogP contribution in [0.4, 0.5) is 4.39 Å². The molecule has 0 aliphatic rings. The molecule has 1 aromatic carbocycles. The summed E-state index contributed by atoms with van der Waals surface area (Å²) < 4.78 is 19.0. The summed E-state index contributed by atoms with van der Waals surface area (Å²) in [5, 5.41) is 0. The van der Waals surface area contributed by atoms with Crippen LogP contribution in [-0.4, -0.2) is 4.98 Å². The van der Waals surface area contributed by atoms with Crippen LogP contribution in [0.1, 0.15) is 5.56 Å². The average molecular weight is 282 g/mol. The zero-order valence-electron chi connectivity index (χ0n) is 8.36. The molecule has 1 aromatic heterocycles. The van der Waals surface area contributed by atoms with E-state index in [0.29, 0.717) is 16.8 Å². The number of nitrogens with zero attached hydrogens (tertiary/aromatic N) is 1. The Hall–Kier alpha value is -1.42. The number of aromatic nitrogens is 1. The van der Waals surface area contributed by atoms with Gasteiger partial charge in [0.1, 0.15) is 18.2 Å². The Morgan fingerprint density at radius 1 is 1.31 bits per heavy atom. The summed E-state index contributed by atoms with van der Waals surface area (Å²) in [6, 6.07) is 8.14. The first-order chi connectivity index (χ1) is 7.75. The van der Waals surface area contributed by atoms with Crippen LogP contribution in [-0.2, 0) is 6.61 Å². The quantitative estimate of drug-likeness (QED) is 0.858. The number of hydrogen-bond acceptors (Lipinski definition) is 2. The molecule has 0 spiro atoms. The maximum Gasteiger partial charge on any atom is 0.138 e. The molecule has 0 saturated carbocycles. The van der Waals surface area contributed by atoms with Crippen LogP contribution >= 0.6 is 15.9 Å². The molecule has 4 heteroatoms. The first kappa shape index (κ1) is 11.1. The summed E-state index contributed by atoms with van der Waals surface area (Å²) in [5.74, 6) is 0.427. The minimum Gasteiger partial charge on any atom is -0.487 e. The average Bonchev–Trinajstić information content (AvgIpc) is 2.29. The number of rotatable bonds is 3. The van der Waals surface area contributed by atoms with Crippen molar-refractivity contribution in [1.29, 1.82) is 0 Å². The van der Waals surface area contributed by atoms with Crippen LogP contribution in [0.15, 0.2) is 47.2 Å². The molecule has 0 amide bonds. The lowest BCUT2D eigenvalue weighted by atomic mass is 10.2. The van der Waals surface area contributed by atoms with E-state index in [1.807, 2.05) is 6.07 Å². The van der Waals surface area contributed by atoms with Crippen LogP contribution in [0.5, 0.6) is 5.75 Å². The predicted molar refractivity (Wildman–Crippen MR) is 62.7 cm³/mol. The van der Waals surface area contributed by atoms with E-state index in [0.717, 1.165) is 5.56 Å². The molecular weight excluding hydrogens is 273 g/mol. The molecule has 0 radical (unpaired) electrons. The molecule has 2 nitrogen and oxygen atoms in total. The van der Waals surface area contributed by atoms with Crippen molar-refractivity contribution in [1.82, 2.24) is 4.98 Å². The highest BCUT2D eigenvalue weighted by molar-refractivity contribution is 9.10. The van der Waals surface area contributed by atoms with Crippen LogP contribution in [0.2, 0.25) is 0 Å². The molecule has 0 aliphatic heterocycles. The third-order valence-corrected chi connectivity index (χ3v) is 2.78. The normalized spacial score (nSPS) is 10.1. The number of benzene rings is 1. The lowest BCUT2D eigenvalue weighted by molar-refractivity contribution is 0.304. The highest BCUT2D eigenvalue weighted by Gasteiger charge is 2.02. The highest BCUT2D eigenvalue weighted by atomic mass is 79.9. The maximum atomic E-state index is 12.8. The van der Waals surface area contributed by atoms with E-state index >= 15 is 0 Å². The van der Waals surface area contributed by atoms with E-state index in [2.05, 4.69) is 20.9 Å². The Morgan fingerprint density at radius 3 is 2.88 bits per heavy atom. The first-order valence-corrected chi connectivity index (χ1v) is 5.52. The second-order valence-corrected chi connectivity index (χ2v) is 4.07. The summed E-state index contributed by atoms with van der Waals surface area (Å²) in [7, 11) is 0. The molecule has 0 fully saturated rings. The Kier molecular flexibility index (Phi) is 3.51. The Balaban J connectivity index is 2.05. The largest absolute Gasteiger partial charge is 0.487 e. The second-order valence-electron chi connectivity index (χ2n) is 3.21. The monoisotopic (exact) mass is 281 g/mol. The molecule has 16 heavy (non-hydrogen) atoms. The van der Waals surface area contributed by atoms with E-state index in [1.165, 1.54) is 12.1 Å². The SMILES string of the molecule is Fc1ccc(COc2cccnc2)c(Br)c1. The molecule has 1 heterocycles. The van der Waals surface area contributed by atoms with Crippen molar-refractivity contribution in [2.24, 2.45) is 0 Å². The topological polar surface area (TPSA) is 22.1 Å². The fourth-order valence-corrected chi connectivity index (χ4v) is 1.70. The summed E-state index contributed by atoms with van der Waals surface area (Å²) in [5.41, 5.74) is 0.894. The smallest absolute Gasteiger partial charge is 0.138 e. The fraction of sp³-hybridized carbons (Fsp3) is 0.0833. The van der Waals surface area contributed by atoms with Crippen molar-refractivity contribution in [2.75, 3.05) is 0 Å². The number of hydrogen-bond donors (Lipinski definition) is 0. The van der Waals surface area contributed by atoms with Gasteiger partial charge in [0, 0.05) is 16.2 Å². The van der Waals surface area contributed by atoms with E-state index in [-0.39, 0.29) is 5.82 Å². The van der Waals surface area contributed by atoms with Gasteiger partial charge in [0.2, 0.25) is 0 Å². The van der Waals surface area contributed by atoms with Gasteiger partial charge in [-0.15, -0.1) is 0 Å². The van der Waals surface area contributed by atoms with Gasteiger partial charge in [-0.25, -0.2) is 4.39 Å². The van der Waals surface area contributed by atoms with Gasteiger partial charge in [0.05, 0.1) is 6.20 Å². The Labute approximate surface area is 101 Å². The third-order valence-electron chi connectivity index (χ3n) is 2.04. The van der Waals surface area contributed by atoms with Crippen molar-refractivity contribution in [3.05, 3.63) is 58.6 Å². The summed E-state index contributed by atoms with van der Waals surface area (Å²) >= 11 is 3.29. The van der Waals surface area contributed by atoms with Crippen molar-refractivity contribution in [3.8, 4) is 5.75 Å². The van der Waals surface area contributed by atoms with Crippen LogP contribution < -0.4 is 4.74 Å². The number of pyridine rings is 1. The fourth-order valence-electron chi connectivity index (χ4n) is 1.23. The molecule has 82 valence electrons. The predicted octanol–water partition coefficient (Wildman–Crippen LogP) is 3.56. The molecule has 0 unspecified atom stereocenters. The van der Waals surface area contributed by atoms with Crippen LogP contribution in [0.3, 0.4) is 0 Å². The van der Waals surface area contributed by atoms with Crippen molar-refractivity contribution in [2.45, 2.75) is 6.61 Å². The van der Waals surface area contributed by atoms with E-state index < -0.39 is 0 Å². The lowest BCUT2D eigenvalue weighted by Crippen LogP contribution is -1.97. The molecular formula is C12H9BrFNO. The highest BCUT2D eigenvalue weighted by Crippen LogP contribution is 2.19. The Bertz CT molecular complexity index is 476. The van der Waals surface area contributed by atoms with Gasteiger partial charge in [-0.3, -0.25) is 4.98 Å². The molecule has 2 rings (SSSR count). The van der Waals surface area contributed by atoms with Crippen molar-refractivity contribution >= 4 is 15.9 Å². The first-order valence-electron chi connectivity index (χ1n) is 4.72. The minimum atomic E-state index is -0.267. The van der Waals surface area contributed by atoms with Gasteiger partial charge in [-0.2, -0.15) is 0 Å². The van der Waals surface area contributed by atoms with E-state index in [9.17, 15) is 4.39 Å². The molecule has 0 N–H and O–H groups in total. The molecule has 0 bridgehead atoms.